The van der Waals surface area contributed by atoms with Crippen LogP contribution in [-0.4, -0.2) is 57.4 Å². The number of carbonyl (C=O) groups is 1. The average Bonchev–Trinajstić information content (AvgIpc) is 3.19. The number of amides is 1. The zero-order chi connectivity index (χ0) is 21.3. The molecule has 1 aliphatic heterocycles. The number of nitrogens with zero attached hydrogens (tertiary/aromatic N) is 6. The van der Waals surface area contributed by atoms with Crippen molar-refractivity contribution in [2.75, 3.05) is 31.1 Å². The zero-order valence-electron chi connectivity index (χ0n) is 15.9. The fraction of sp³-hybridized carbons (Fsp3) is 0.316. The maximum absolute atomic E-state index is 13.2. The van der Waals surface area contributed by atoms with Crippen molar-refractivity contribution in [1.29, 1.82) is 0 Å². The number of rotatable bonds is 3. The summed E-state index contributed by atoms with van der Waals surface area (Å²) in [5, 5.41) is 15.9. The van der Waals surface area contributed by atoms with Crippen molar-refractivity contribution < 1.29 is 22.4 Å². The van der Waals surface area contributed by atoms with Crippen LogP contribution in [0.4, 0.5) is 19.0 Å². The van der Waals surface area contributed by atoms with Crippen molar-refractivity contribution in [2.45, 2.75) is 13.1 Å². The number of hydrogen-bond donors (Lipinski definition) is 0. The van der Waals surface area contributed by atoms with Crippen molar-refractivity contribution in [2.24, 2.45) is 0 Å². The molecule has 11 heteroatoms. The van der Waals surface area contributed by atoms with Crippen molar-refractivity contribution >= 4 is 11.7 Å². The summed E-state index contributed by atoms with van der Waals surface area (Å²) in [5.41, 5.74) is -0.815. The van der Waals surface area contributed by atoms with Gasteiger partial charge < -0.3 is 14.2 Å². The van der Waals surface area contributed by atoms with Crippen LogP contribution >= 0.6 is 0 Å². The van der Waals surface area contributed by atoms with Gasteiger partial charge in [-0.25, -0.2) is 0 Å². The number of benzene rings is 1. The third-order valence-corrected chi connectivity index (χ3v) is 4.75. The lowest BCUT2D eigenvalue weighted by molar-refractivity contribution is -0.138. The number of carbonyl (C=O) groups excluding carboxylic acids is 1. The molecule has 156 valence electrons. The predicted octanol–water partition coefficient (Wildman–Crippen LogP) is 2.82. The van der Waals surface area contributed by atoms with Gasteiger partial charge in [-0.3, -0.25) is 4.79 Å². The monoisotopic (exact) mass is 418 g/mol. The Morgan fingerprint density at radius 3 is 2.30 bits per heavy atom. The van der Waals surface area contributed by atoms with Crippen LogP contribution in [0.3, 0.4) is 0 Å². The highest BCUT2D eigenvalue weighted by molar-refractivity contribution is 5.96. The molecule has 1 fully saturated rings. The van der Waals surface area contributed by atoms with Gasteiger partial charge in [-0.05, 0) is 24.3 Å². The Bertz CT molecular complexity index is 1040. The summed E-state index contributed by atoms with van der Waals surface area (Å²) < 4.78 is 44.9. The number of alkyl halides is 3. The van der Waals surface area contributed by atoms with E-state index >= 15 is 0 Å². The molecule has 0 unspecified atom stereocenters. The van der Waals surface area contributed by atoms with E-state index in [9.17, 15) is 18.0 Å². The van der Waals surface area contributed by atoms with Crippen LogP contribution in [0, 0.1) is 6.92 Å². The molecule has 1 aliphatic rings. The van der Waals surface area contributed by atoms with Gasteiger partial charge in [-0.15, -0.1) is 20.4 Å². The van der Waals surface area contributed by atoms with Crippen LogP contribution in [0.15, 0.2) is 40.8 Å². The molecule has 0 saturated carbocycles. The van der Waals surface area contributed by atoms with Crippen LogP contribution in [0.2, 0.25) is 0 Å². The SMILES string of the molecule is Cc1nnc(-c2ccc(N3CCN(C(=O)c4ccccc4C(F)(F)F)CC3)nn2)o1. The van der Waals surface area contributed by atoms with Gasteiger partial charge in [0.15, 0.2) is 5.82 Å². The number of anilines is 1. The Morgan fingerprint density at radius 1 is 0.967 bits per heavy atom. The summed E-state index contributed by atoms with van der Waals surface area (Å²) in [6, 6.07) is 8.29. The molecule has 3 heterocycles. The molecule has 4 rings (SSSR count). The first-order valence-corrected chi connectivity index (χ1v) is 9.17. The number of aromatic nitrogens is 4. The first kappa shape index (κ1) is 19.8. The lowest BCUT2D eigenvalue weighted by Crippen LogP contribution is -2.49. The van der Waals surface area contributed by atoms with Gasteiger partial charge in [0.2, 0.25) is 5.89 Å². The van der Waals surface area contributed by atoms with E-state index in [-0.39, 0.29) is 24.5 Å². The summed E-state index contributed by atoms with van der Waals surface area (Å²) in [7, 11) is 0. The minimum Gasteiger partial charge on any atom is -0.420 e. The van der Waals surface area contributed by atoms with Gasteiger partial charge >= 0.3 is 6.18 Å². The van der Waals surface area contributed by atoms with E-state index in [0.29, 0.717) is 30.5 Å². The van der Waals surface area contributed by atoms with Crippen LogP contribution in [0.5, 0.6) is 0 Å². The van der Waals surface area contributed by atoms with Gasteiger partial charge in [0.1, 0.15) is 5.69 Å². The van der Waals surface area contributed by atoms with E-state index in [1.165, 1.54) is 23.1 Å². The first-order chi connectivity index (χ1) is 14.3. The molecule has 0 bridgehead atoms. The largest absolute Gasteiger partial charge is 0.420 e. The molecular formula is C19H17F3N6O2. The van der Waals surface area contributed by atoms with E-state index in [2.05, 4.69) is 20.4 Å². The average molecular weight is 418 g/mol. The third-order valence-electron chi connectivity index (χ3n) is 4.75. The summed E-state index contributed by atoms with van der Waals surface area (Å²) >= 11 is 0. The van der Waals surface area contributed by atoms with E-state index in [0.717, 1.165) is 6.07 Å². The summed E-state index contributed by atoms with van der Waals surface area (Å²) in [4.78, 5) is 16.0. The second-order valence-corrected chi connectivity index (χ2v) is 6.73. The summed E-state index contributed by atoms with van der Waals surface area (Å²) in [6.45, 7) is 3.07. The van der Waals surface area contributed by atoms with Crippen molar-refractivity contribution in [1.82, 2.24) is 25.3 Å². The van der Waals surface area contributed by atoms with Gasteiger partial charge in [0, 0.05) is 33.1 Å². The van der Waals surface area contributed by atoms with Crippen LogP contribution in [0.1, 0.15) is 21.8 Å². The Labute approximate surface area is 169 Å². The maximum atomic E-state index is 13.2. The number of piperazine rings is 1. The molecule has 0 aliphatic carbocycles. The highest BCUT2D eigenvalue weighted by Crippen LogP contribution is 2.32. The fourth-order valence-corrected chi connectivity index (χ4v) is 3.23. The Balaban J connectivity index is 1.42. The molecule has 1 saturated heterocycles. The summed E-state index contributed by atoms with van der Waals surface area (Å²) in [5.74, 6) is 0.655. The highest BCUT2D eigenvalue weighted by Gasteiger charge is 2.36. The maximum Gasteiger partial charge on any atom is 0.417 e. The van der Waals surface area contributed by atoms with Gasteiger partial charge in [0.25, 0.3) is 11.8 Å². The van der Waals surface area contributed by atoms with Crippen LogP contribution in [-0.2, 0) is 6.18 Å². The van der Waals surface area contributed by atoms with E-state index in [1.54, 1.807) is 19.1 Å². The molecule has 30 heavy (non-hydrogen) atoms. The normalized spacial score (nSPS) is 14.8. The lowest BCUT2D eigenvalue weighted by atomic mass is 10.1. The topological polar surface area (TPSA) is 88.3 Å². The van der Waals surface area contributed by atoms with Gasteiger partial charge in [-0.1, -0.05) is 12.1 Å². The van der Waals surface area contributed by atoms with Gasteiger partial charge in [-0.2, -0.15) is 13.2 Å². The molecule has 3 aromatic rings. The second-order valence-electron chi connectivity index (χ2n) is 6.73. The smallest absolute Gasteiger partial charge is 0.417 e. The minimum atomic E-state index is -4.58. The predicted molar refractivity (Wildman–Crippen MR) is 99.6 cm³/mol. The Hall–Kier alpha value is -3.50. The number of aryl methyl sites for hydroxylation is 1. The molecular weight excluding hydrogens is 401 g/mol. The Kier molecular flexibility index (Phi) is 5.10. The van der Waals surface area contributed by atoms with E-state index < -0.39 is 17.6 Å². The summed E-state index contributed by atoms with van der Waals surface area (Å²) in [6.07, 6.45) is -4.58. The molecule has 2 aromatic heterocycles. The molecule has 0 spiro atoms. The minimum absolute atomic E-state index is 0.269. The number of halogens is 3. The second kappa shape index (κ2) is 7.73. The van der Waals surface area contributed by atoms with E-state index in [1.807, 2.05) is 4.90 Å². The third kappa shape index (κ3) is 3.95. The number of hydrogen-bond acceptors (Lipinski definition) is 7. The molecule has 1 amide bonds. The van der Waals surface area contributed by atoms with Crippen LogP contribution < -0.4 is 4.90 Å². The molecule has 8 nitrogen and oxygen atoms in total. The quantitative estimate of drug-likeness (QED) is 0.646. The Morgan fingerprint density at radius 2 is 1.70 bits per heavy atom. The van der Waals surface area contributed by atoms with Crippen molar-refractivity contribution in [3.05, 3.63) is 53.4 Å². The van der Waals surface area contributed by atoms with Crippen molar-refractivity contribution in [3.63, 3.8) is 0 Å². The zero-order valence-corrected chi connectivity index (χ0v) is 15.9. The fourth-order valence-electron chi connectivity index (χ4n) is 3.23. The van der Waals surface area contributed by atoms with Crippen LogP contribution in [0.25, 0.3) is 11.6 Å². The van der Waals surface area contributed by atoms with Gasteiger partial charge in [0.05, 0.1) is 11.1 Å². The van der Waals surface area contributed by atoms with E-state index in [4.69, 9.17) is 4.42 Å². The molecule has 1 aromatic carbocycles. The van der Waals surface area contributed by atoms with Crippen molar-refractivity contribution in [3.8, 4) is 11.6 Å². The highest BCUT2D eigenvalue weighted by atomic mass is 19.4. The molecule has 0 radical (unpaired) electrons. The molecule has 0 N–H and O–H groups in total. The first-order valence-electron chi connectivity index (χ1n) is 9.17. The standard InChI is InChI=1S/C19H17F3N6O2/c1-12-23-26-17(30-12)15-6-7-16(25-24-15)27-8-10-28(11-9-27)18(29)13-4-2-3-5-14(13)19(20,21)22/h2-7H,8-11H2,1H3. The molecule has 0 atom stereocenters. The lowest BCUT2D eigenvalue weighted by Gasteiger charge is -2.35.